The smallest absolute Gasteiger partial charge is 0.320 e. The Balaban J connectivity index is 1.80. The van der Waals surface area contributed by atoms with E-state index in [1.807, 2.05) is 0 Å². The van der Waals surface area contributed by atoms with Gasteiger partial charge in [-0.15, -0.1) is 0 Å². The predicted octanol–water partition coefficient (Wildman–Crippen LogP) is -0.930. The third-order valence-corrected chi connectivity index (χ3v) is 6.45. The number of carbonyl (C=O) groups excluding carboxylic acids is 1. The number of hydrogen-bond donors (Lipinski definition) is 1. The van der Waals surface area contributed by atoms with Gasteiger partial charge in [-0.1, -0.05) is 0 Å². The molecule has 3 saturated heterocycles. The van der Waals surface area contributed by atoms with Gasteiger partial charge >= 0.3 is 12.0 Å². The summed E-state index contributed by atoms with van der Waals surface area (Å²) in [5.41, 5.74) is 0. The number of sulfone groups is 1. The molecule has 22 heavy (non-hydrogen) atoms. The largest absolute Gasteiger partial charge is 0.480 e. The van der Waals surface area contributed by atoms with Crippen molar-refractivity contribution in [2.75, 3.05) is 44.2 Å². The first-order chi connectivity index (χ1) is 10.4. The van der Waals surface area contributed by atoms with Gasteiger partial charge in [0, 0.05) is 32.2 Å². The number of likely N-dealkylation sites (tertiary alicyclic amines) is 1. The number of carboxylic acids is 1. The average molecular weight is 331 g/mol. The summed E-state index contributed by atoms with van der Waals surface area (Å²) in [5.74, 6) is -1.09. The Morgan fingerprint density at radius 1 is 1.00 bits per heavy atom. The highest BCUT2D eigenvalue weighted by molar-refractivity contribution is 7.91. The Hall–Kier alpha value is -1.35. The number of nitrogens with zero attached hydrogens (tertiary/aromatic N) is 3. The van der Waals surface area contributed by atoms with Crippen LogP contribution < -0.4 is 0 Å². The molecule has 9 heteroatoms. The molecule has 2 atom stereocenters. The molecular formula is C13H21N3O5S. The van der Waals surface area contributed by atoms with E-state index >= 15 is 0 Å². The van der Waals surface area contributed by atoms with Crippen molar-refractivity contribution in [1.82, 2.24) is 14.7 Å². The van der Waals surface area contributed by atoms with E-state index in [0.717, 1.165) is 25.9 Å². The van der Waals surface area contributed by atoms with Crippen LogP contribution in [0, 0.1) is 0 Å². The van der Waals surface area contributed by atoms with Gasteiger partial charge in [-0.25, -0.2) is 13.2 Å². The van der Waals surface area contributed by atoms with E-state index in [1.54, 1.807) is 14.7 Å². The second kappa shape index (κ2) is 5.69. The molecule has 3 fully saturated rings. The van der Waals surface area contributed by atoms with Gasteiger partial charge in [0.25, 0.3) is 0 Å². The van der Waals surface area contributed by atoms with Crippen molar-refractivity contribution in [1.29, 1.82) is 0 Å². The van der Waals surface area contributed by atoms with Crippen LogP contribution in [0.2, 0.25) is 0 Å². The molecular weight excluding hydrogens is 310 g/mol. The lowest BCUT2D eigenvalue weighted by atomic mass is 10.1. The Kier molecular flexibility index (Phi) is 4.02. The summed E-state index contributed by atoms with van der Waals surface area (Å²) in [7, 11) is -3.23. The van der Waals surface area contributed by atoms with Gasteiger partial charge in [0.1, 0.15) is 0 Å². The zero-order chi connectivity index (χ0) is 15.9. The van der Waals surface area contributed by atoms with Gasteiger partial charge in [0.2, 0.25) is 0 Å². The molecule has 0 aromatic rings. The number of urea groups is 1. The van der Waals surface area contributed by atoms with E-state index in [9.17, 15) is 18.0 Å². The van der Waals surface area contributed by atoms with Crippen LogP contribution in [0.15, 0.2) is 0 Å². The van der Waals surface area contributed by atoms with Gasteiger partial charge in [-0.3, -0.25) is 9.69 Å². The lowest BCUT2D eigenvalue weighted by Crippen LogP contribution is -2.63. The number of hydrogen-bond acceptors (Lipinski definition) is 5. The molecule has 8 nitrogen and oxygen atoms in total. The summed E-state index contributed by atoms with van der Waals surface area (Å²) in [6.07, 6.45) is 1.97. The molecule has 1 N–H and O–H groups in total. The molecule has 0 saturated carbocycles. The lowest BCUT2D eigenvalue weighted by Gasteiger charge is -2.44. The molecule has 0 bridgehead atoms. The van der Waals surface area contributed by atoms with Crippen LogP contribution in [0.4, 0.5) is 4.79 Å². The first kappa shape index (κ1) is 15.5. The average Bonchev–Trinajstić information content (AvgIpc) is 3.04. The van der Waals surface area contributed by atoms with Crippen molar-refractivity contribution in [2.45, 2.75) is 24.9 Å². The summed E-state index contributed by atoms with van der Waals surface area (Å²) in [5, 5.41) is 8.98. The van der Waals surface area contributed by atoms with E-state index in [1.165, 1.54) is 0 Å². The van der Waals surface area contributed by atoms with Crippen molar-refractivity contribution in [2.24, 2.45) is 0 Å². The molecule has 3 heterocycles. The normalized spacial score (nSPS) is 31.3. The molecule has 124 valence electrons. The highest BCUT2D eigenvalue weighted by Crippen LogP contribution is 2.28. The number of carbonyl (C=O) groups is 2. The zero-order valence-corrected chi connectivity index (χ0v) is 13.2. The number of aliphatic carboxylic acids is 1. The molecule has 0 aromatic carbocycles. The van der Waals surface area contributed by atoms with Crippen LogP contribution >= 0.6 is 0 Å². The number of amides is 2. The first-order valence-corrected chi connectivity index (χ1v) is 9.41. The Morgan fingerprint density at radius 3 is 2.27 bits per heavy atom. The molecule has 0 aromatic heterocycles. The van der Waals surface area contributed by atoms with Gasteiger partial charge in [-0.05, 0) is 12.8 Å². The van der Waals surface area contributed by atoms with E-state index in [4.69, 9.17) is 5.11 Å². The van der Waals surface area contributed by atoms with E-state index < -0.39 is 27.9 Å². The van der Waals surface area contributed by atoms with Gasteiger partial charge < -0.3 is 14.9 Å². The molecule has 2 unspecified atom stereocenters. The van der Waals surface area contributed by atoms with Crippen LogP contribution in [0.1, 0.15) is 12.8 Å². The Morgan fingerprint density at radius 2 is 1.64 bits per heavy atom. The van der Waals surface area contributed by atoms with Gasteiger partial charge in [0.05, 0.1) is 24.1 Å². The fraction of sp³-hybridized carbons (Fsp3) is 0.846. The SMILES string of the molecule is O=C(O)CN1CCN(C(=O)N2CCCC2)C2CS(=O)(=O)CC21. The summed E-state index contributed by atoms with van der Waals surface area (Å²) < 4.78 is 24.0. The first-order valence-electron chi connectivity index (χ1n) is 7.59. The van der Waals surface area contributed by atoms with Gasteiger partial charge in [0.15, 0.2) is 9.84 Å². The minimum atomic E-state index is -3.23. The second-order valence-electron chi connectivity index (χ2n) is 6.25. The van der Waals surface area contributed by atoms with Crippen molar-refractivity contribution in [3.63, 3.8) is 0 Å². The molecule has 0 spiro atoms. The summed E-state index contributed by atoms with van der Waals surface area (Å²) in [6, 6.07) is -0.924. The summed E-state index contributed by atoms with van der Waals surface area (Å²) in [6.45, 7) is 2.06. The maximum atomic E-state index is 12.6. The third kappa shape index (κ3) is 2.91. The maximum absolute atomic E-state index is 12.6. The van der Waals surface area contributed by atoms with E-state index in [0.29, 0.717) is 13.1 Å². The molecule has 3 aliphatic rings. The highest BCUT2D eigenvalue weighted by atomic mass is 32.2. The molecule has 2 amide bonds. The van der Waals surface area contributed by atoms with E-state index in [2.05, 4.69) is 0 Å². The van der Waals surface area contributed by atoms with Crippen molar-refractivity contribution < 1.29 is 23.1 Å². The number of carboxylic acid groups (broad SMARTS) is 1. The second-order valence-corrected chi connectivity index (χ2v) is 8.40. The van der Waals surface area contributed by atoms with Crippen LogP contribution in [0.5, 0.6) is 0 Å². The maximum Gasteiger partial charge on any atom is 0.320 e. The Bertz CT molecular complexity index is 572. The van der Waals surface area contributed by atoms with Crippen LogP contribution in [0.3, 0.4) is 0 Å². The molecule has 0 aliphatic carbocycles. The van der Waals surface area contributed by atoms with Crippen LogP contribution in [-0.4, -0.2) is 96.5 Å². The predicted molar refractivity (Wildman–Crippen MR) is 78.3 cm³/mol. The highest BCUT2D eigenvalue weighted by Gasteiger charge is 2.49. The third-order valence-electron chi connectivity index (χ3n) is 4.75. The minimum Gasteiger partial charge on any atom is -0.480 e. The fourth-order valence-electron chi connectivity index (χ4n) is 3.72. The van der Waals surface area contributed by atoms with Crippen LogP contribution in [0.25, 0.3) is 0 Å². The van der Waals surface area contributed by atoms with Crippen molar-refractivity contribution >= 4 is 21.8 Å². The topological polar surface area (TPSA) is 98.2 Å². The molecule has 3 rings (SSSR count). The minimum absolute atomic E-state index is 0.0608. The standard InChI is InChI=1S/C13H21N3O5S/c17-12(18)7-15-5-6-16(13(19)14-3-1-2-4-14)11-9-22(20,21)8-10(11)15/h10-11H,1-9H2,(H,17,18). The summed E-state index contributed by atoms with van der Waals surface area (Å²) in [4.78, 5) is 28.7. The molecule has 0 radical (unpaired) electrons. The van der Waals surface area contributed by atoms with E-state index in [-0.39, 0.29) is 24.1 Å². The number of fused-ring (bicyclic) bond motifs is 1. The number of rotatable bonds is 2. The fourth-order valence-corrected chi connectivity index (χ4v) is 5.73. The van der Waals surface area contributed by atoms with Crippen LogP contribution in [-0.2, 0) is 14.6 Å². The monoisotopic (exact) mass is 331 g/mol. The number of piperazine rings is 1. The summed E-state index contributed by atoms with van der Waals surface area (Å²) >= 11 is 0. The Labute approximate surface area is 129 Å². The zero-order valence-electron chi connectivity index (χ0n) is 12.3. The van der Waals surface area contributed by atoms with Gasteiger partial charge in [-0.2, -0.15) is 0 Å². The lowest BCUT2D eigenvalue weighted by molar-refractivity contribution is -0.139. The van der Waals surface area contributed by atoms with Crippen molar-refractivity contribution in [3.05, 3.63) is 0 Å². The molecule has 3 aliphatic heterocycles. The quantitative estimate of drug-likeness (QED) is 0.702. The van der Waals surface area contributed by atoms with Crippen molar-refractivity contribution in [3.8, 4) is 0 Å².